The minimum Gasteiger partial charge on any atom is -0.352 e. The molecule has 2 aromatic rings. The van der Waals surface area contributed by atoms with Gasteiger partial charge in [0.05, 0.1) is 17.8 Å². The number of hydrogen-bond acceptors (Lipinski definition) is 4. The highest BCUT2D eigenvalue weighted by Crippen LogP contribution is 2.27. The third-order valence-electron chi connectivity index (χ3n) is 5.98. The summed E-state index contributed by atoms with van der Waals surface area (Å²) in [5.41, 5.74) is 1.38. The fraction of sp³-hybridized carbons (Fsp3) is 0.636. The molecule has 1 aliphatic heterocycles. The van der Waals surface area contributed by atoms with Crippen LogP contribution in [0.5, 0.6) is 0 Å². The van der Waals surface area contributed by atoms with Gasteiger partial charge >= 0.3 is 0 Å². The van der Waals surface area contributed by atoms with E-state index in [-0.39, 0.29) is 48.0 Å². The molecular weight excluding hydrogens is 382 g/mol. The van der Waals surface area contributed by atoms with Gasteiger partial charge in [-0.25, -0.2) is 0 Å². The number of fused-ring (bicyclic) bond motifs is 2. The summed E-state index contributed by atoms with van der Waals surface area (Å²) in [5.74, 6) is -0.390. The predicted molar refractivity (Wildman–Crippen MR) is 116 cm³/mol. The molecule has 3 heterocycles. The third kappa shape index (κ3) is 3.75. The van der Waals surface area contributed by atoms with Gasteiger partial charge in [-0.3, -0.25) is 14.4 Å². The molecule has 30 heavy (non-hydrogen) atoms. The normalized spacial score (nSPS) is 16.1. The summed E-state index contributed by atoms with van der Waals surface area (Å²) < 4.78 is 3.02. The molecule has 0 aliphatic carbocycles. The van der Waals surface area contributed by atoms with Gasteiger partial charge in [0.1, 0.15) is 17.9 Å². The summed E-state index contributed by atoms with van der Waals surface area (Å²) in [5, 5.41) is 7.50. The van der Waals surface area contributed by atoms with E-state index in [4.69, 9.17) is 0 Å². The van der Waals surface area contributed by atoms with Crippen molar-refractivity contribution < 1.29 is 9.59 Å². The molecule has 2 aromatic heterocycles. The Balaban J connectivity index is 2.21. The van der Waals surface area contributed by atoms with Crippen molar-refractivity contribution in [2.24, 2.45) is 0 Å². The van der Waals surface area contributed by atoms with Gasteiger partial charge < -0.3 is 14.8 Å². The monoisotopic (exact) mass is 415 g/mol. The lowest BCUT2D eigenvalue weighted by atomic mass is 9.93. The van der Waals surface area contributed by atoms with Crippen molar-refractivity contribution in [3.63, 3.8) is 0 Å². The van der Waals surface area contributed by atoms with Gasteiger partial charge in [0, 0.05) is 23.6 Å². The lowest BCUT2D eigenvalue weighted by Crippen LogP contribution is -2.37. The molecule has 3 rings (SSSR count). The molecule has 0 saturated heterocycles. The van der Waals surface area contributed by atoms with Gasteiger partial charge in [0.15, 0.2) is 0 Å². The van der Waals surface area contributed by atoms with Crippen molar-refractivity contribution in [3.05, 3.63) is 33.4 Å². The van der Waals surface area contributed by atoms with Gasteiger partial charge in [-0.05, 0) is 26.7 Å². The molecule has 2 amide bonds. The topological polar surface area (TPSA) is 88.7 Å². The molecule has 8 nitrogen and oxygen atoms in total. The standard InChI is InChI=1S/C22H33N5O3/c1-8-13(3)23-17(28)12-26-18-10-16(22(5,6)7)24-27(18)20(29)15-11-25(14(4)9-2)21(30)19(15)26/h10,13-14H,8-9,11-12H2,1-7H3,(H,23,28)/t13-,14-/m0/s1. The van der Waals surface area contributed by atoms with E-state index in [1.165, 1.54) is 4.52 Å². The Morgan fingerprint density at radius 2 is 1.87 bits per heavy atom. The third-order valence-corrected chi connectivity index (χ3v) is 5.98. The van der Waals surface area contributed by atoms with E-state index in [1.807, 2.05) is 54.5 Å². The van der Waals surface area contributed by atoms with Crippen molar-refractivity contribution >= 4 is 17.5 Å². The molecule has 164 valence electrons. The van der Waals surface area contributed by atoms with Crippen LogP contribution in [0.25, 0.3) is 5.65 Å². The van der Waals surface area contributed by atoms with E-state index in [0.717, 1.165) is 18.5 Å². The molecule has 0 unspecified atom stereocenters. The highest BCUT2D eigenvalue weighted by atomic mass is 16.2. The molecule has 0 aromatic carbocycles. The van der Waals surface area contributed by atoms with Crippen molar-refractivity contribution in [2.45, 2.75) is 91.9 Å². The number of nitrogens with one attached hydrogen (secondary N) is 1. The molecule has 8 heteroatoms. The smallest absolute Gasteiger partial charge is 0.280 e. The van der Waals surface area contributed by atoms with E-state index in [1.54, 1.807) is 9.47 Å². The Labute approximate surface area is 177 Å². The maximum atomic E-state index is 13.3. The second-order valence-electron chi connectivity index (χ2n) is 9.34. The number of carbonyl (C=O) groups is 2. The molecule has 0 spiro atoms. The van der Waals surface area contributed by atoms with Gasteiger partial charge in [-0.1, -0.05) is 34.6 Å². The molecular formula is C22H33N5O3. The maximum absolute atomic E-state index is 13.3. The minimum absolute atomic E-state index is 0.00384. The van der Waals surface area contributed by atoms with Crippen LogP contribution in [0.15, 0.2) is 10.9 Å². The largest absolute Gasteiger partial charge is 0.352 e. The molecule has 0 saturated carbocycles. The summed E-state index contributed by atoms with van der Waals surface area (Å²) in [6.45, 7) is 14.2. The van der Waals surface area contributed by atoms with Crippen LogP contribution in [0.4, 0.5) is 0 Å². The highest BCUT2D eigenvalue weighted by Gasteiger charge is 2.37. The fourth-order valence-electron chi connectivity index (χ4n) is 3.65. The van der Waals surface area contributed by atoms with Crippen LogP contribution in [0, 0.1) is 0 Å². The summed E-state index contributed by atoms with van der Waals surface area (Å²) >= 11 is 0. The lowest BCUT2D eigenvalue weighted by Gasteiger charge is -2.22. The first-order chi connectivity index (χ1) is 14.0. The number of rotatable bonds is 6. The Morgan fingerprint density at radius 3 is 2.43 bits per heavy atom. The first-order valence-electron chi connectivity index (χ1n) is 10.8. The maximum Gasteiger partial charge on any atom is 0.280 e. The fourth-order valence-corrected chi connectivity index (χ4v) is 3.65. The van der Waals surface area contributed by atoms with E-state index in [9.17, 15) is 14.4 Å². The van der Waals surface area contributed by atoms with Crippen LogP contribution < -0.4 is 10.9 Å². The zero-order valence-corrected chi connectivity index (χ0v) is 19.1. The summed E-state index contributed by atoms with van der Waals surface area (Å²) in [6, 6.07) is 1.85. The van der Waals surface area contributed by atoms with Crippen molar-refractivity contribution in [2.75, 3.05) is 0 Å². The number of nitrogens with zero attached hydrogens (tertiary/aromatic N) is 4. The quantitative estimate of drug-likeness (QED) is 0.785. The zero-order chi connectivity index (χ0) is 22.4. The van der Waals surface area contributed by atoms with Crippen molar-refractivity contribution in [3.8, 4) is 0 Å². The molecule has 2 atom stereocenters. The van der Waals surface area contributed by atoms with E-state index in [0.29, 0.717) is 16.9 Å². The van der Waals surface area contributed by atoms with Gasteiger partial charge in [-0.15, -0.1) is 0 Å². The number of hydrogen-bond donors (Lipinski definition) is 1. The molecule has 1 aliphatic rings. The Bertz CT molecular complexity index is 1040. The van der Waals surface area contributed by atoms with E-state index < -0.39 is 0 Å². The average Bonchev–Trinajstić information content (AvgIpc) is 3.27. The second-order valence-corrected chi connectivity index (χ2v) is 9.34. The van der Waals surface area contributed by atoms with Gasteiger partial charge in [0.25, 0.3) is 11.5 Å². The van der Waals surface area contributed by atoms with E-state index >= 15 is 0 Å². The second kappa shape index (κ2) is 7.89. The van der Waals surface area contributed by atoms with Gasteiger partial charge in [-0.2, -0.15) is 9.61 Å². The lowest BCUT2D eigenvalue weighted by molar-refractivity contribution is -0.122. The Morgan fingerprint density at radius 1 is 1.20 bits per heavy atom. The molecule has 0 fully saturated rings. The summed E-state index contributed by atoms with van der Waals surface area (Å²) in [4.78, 5) is 40.9. The van der Waals surface area contributed by atoms with Crippen LogP contribution in [-0.4, -0.2) is 43.0 Å². The zero-order valence-electron chi connectivity index (χ0n) is 19.1. The first kappa shape index (κ1) is 22.1. The van der Waals surface area contributed by atoms with E-state index in [2.05, 4.69) is 10.4 Å². The summed E-state index contributed by atoms with van der Waals surface area (Å²) in [6.07, 6.45) is 1.60. The average molecular weight is 416 g/mol. The van der Waals surface area contributed by atoms with Gasteiger partial charge in [0.2, 0.25) is 5.91 Å². The van der Waals surface area contributed by atoms with Crippen LogP contribution in [0.2, 0.25) is 0 Å². The molecule has 0 bridgehead atoms. The minimum atomic E-state index is -0.284. The first-order valence-corrected chi connectivity index (χ1v) is 10.8. The van der Waals surface area contributed by atoms with Crippen LogP contribution >= 0.6 is 0 Å². The van der Waals surface area contributed by atoms with Crippen LogP contribution in [0.1, 0.15) is 83.1 Å². The number of carbonyl (C=O) groups excluding carboxylic acids is 2. The highest BCUT2D eigenvalue weighted by molar-refractivity contribution is 5.98. The molecule has 1 N–H and O–H groups in total. The molecule has 0 radical (unpaired) electrons. The van der Waals surface area contributed by atoms with Crippen LogP contribution in [0.3, 0.4) is 0 Å². The number of aromatic nitrogens is 3. The van der Waals surface area contributed by atoms with Crippen LogP contribution in [-0.2, 0) is 23.3 Å². The number of amides is 2. The summed E-state index contributed by atoms with van der Waals surface area (Å²) in [7, 11) is 0. The van der Waals surface area contributed by atoms with Crippen molar-refractivity contribution in [1.82, 2.24) is 24.4 Å². The SMILES string of the molecule is CC[C@H](C)NC(=O)Cn1c2c(c(=O)n3nc(C(C)(C)C)cc13)CN([C@@H](C)CC)C2=O. The Kier molecular flexibility index (Phi) is 5.80. The predicted octanol–water partition coefficient (Wildman–Crippen LogP) is 2.46. The van der Waals surface area contributed by atoms with Crippen molar-refractivity contribution in [1.29, 1.82) is 0 Å². The Hall–Kier alpha value is -2.64.